The number of nitrogens with one attached hydrogen (secondary N) is 1. The molecule has 0 bridgehead atoms. The van der Waals surface area contributed by atoms with Crippen molar-refractivity contribution in [1.29, 1.82) is 0 Å². The summed E-state index contributed by atoms with van der Waals surface area (Å²) in [5, 5.41) is 0. The van der Waals surface area contributed by atoms with E-state index in [-0.39, 0.29) is 27.9 Å². The molecule has 1 atom stereocenters. The molecule has 3 aromatic carbocycles. The second kappa shape index (κ2) is 15.5. The van der Waals surface area contributed by atoms with Crippen LogP contribution >= 0.6 is 20.2 Å². The van der Waals surface area contributed by atoms with Crippen molar-refractivity contribution < 1.29 is 42.0 Å². The molecule has 234 valence electrons. The fraction of sp³-hybridized carbons (Fsp3) is 0.310. The molecule has 0 saturated heterocycles. The molecule has 14 heteroatoms. The van der Waals surface area contributed by atoms with Crippen LogP contribution in [0.15, 0.2) is 83.8 Å². The number of hydrogen-bond acceptors (Lipinski definition) is 7. The minimum atomic E-state index is -5.90. The first-order chi connectivity index (χ1) is 20.3. The average Bonchev–Trinajstić information content (AvgIpc) is 2.97. The summed E-state index contributed by atoms with van der Waals surface area (Å²) in [4.78, 5) is 0.129. The Labute approximate surface area is 258 Å². The van der Waals surface area contributed by atoms with Crippen LogP contribution in [0.25, 0.3) is 0 Å². The van der Waals surface area contributed by atoms with Gasteiger partial charge in [0.25, 0.3) is 0 Å². The average molecular weight is 754 g/mol. The summed E-state index contributed by atoms with van der Waals surface area (Å²) in [6, 6.07) is 21.2. The molecule has 3 aromatic rings. The number of alkyl halides is 3. The molecule has 0 heterocycles. The van der Waals surface area contributed by atoms with Crippen LogP contribution < -0.4 is 4.72 Å². The predicted octanol–water partition coefficient (Wildman–Crippen LogP) is 5.73. The molecule has 0 aliphatic heterocycles. The third-order valence-corrected chi connectivity index (χ3v) is 13.6. The van der Waals surface area contributed by atoms with Gasteiger partial charge in [-0.3, -0.25) is 0 Å². The van der Waals surface area contributed by atoms with Gasteiger partial charge in [-0.15, -0.1) is 0 Å². The van der Waals surface area contributed by atoms with Gasteiger partial charge >= 0.3 is 247 Å². The number of methoxy groups -OCH3 is 2. The van der Waals surface area contributed by atoms with Crippen molar-refractivity contribution in [2.75, 3.05) is 20.8 Å². The number of sulfonamides is 1. The Morgan fingerprint density at radius 2 is 1.49 bits per heavy atom. The number of rotatable bonds is 13. The molecule has 0 radical (unpaired) electrons. The number of aryl methyl sites for hydroxylation is 1. The van der Waals surface area contributed by atoms with Crippen molar-refractivity contribution in [2.24, 2.45) is 0 Å². The zero-order valence-corrected chi connectivity index (χ0v) is 27.3. The second-order valence-corrected chi connectivity index (χ2v) is 16.6. The van der Waals surface area contributed by atoms with E-state index in [0.717, 1.165) is 11.1 Å². The van der Waals surface area contributed by atoms with E-state index in [4.69, 9.17) is 12.0 Å². The third kappa shape index (κ3) is 10.00. The van der Waals surface area contributed by atoms with Crippen LogP contribution in [0.1, 0.15) is 29.0 Å². The molecular formula is C29H31F3INO7S2. The van der Waals surface area contributed by atoms with E-state index >= 15 is 0 Å². The van der Waals surface area contributed by atoms with Crippen molar-refractivity contribution in [3.63, 3.8) is 0 Å². The summed E-state index contributed by atoms with van der Waals surface area (Å²) < 4.78 is 110. The number of halogens is 4. The fourth-order valence-electron chi connectivity index (χ4n) is 3.84. The first-order valence-electron chi connectivity index (χ1n) is 12.7. The van der Waals surface area contributed by atoms with Gasteiger partial charge in [0, 0.05) is 0 Å². The Kier molecular flexibility index (Phi) is 12.6. The molecule has 1 N–H and O–H groups in total. The number of benzene rings is 3. The summed E-state index contributed by atoms with van der Waals surface area (Å²) in [6.07, 6.45) is -0.327. The van der Waals surface area contributed by atoms with Crippen LogP contribution in [-0.4, -0.2) is 49.4 Å². The minimum absolute atomic E-state index is 0.0564. The van der Waals surface area contributed by atoms with Crippen molar-refractivity contribution in [2.45, 2.75) is 42.4 Å². The van der Waals surface area contributed by atoms with Gasteiger partial charge in [-0.25, -0.2) is 0 Å². The van der Waals surface area contributed by atoms with Crippen LogP contribution in [0.3, 0.4) is 0 Å². The maximum atomic E-state index is 13.2. The van der Waals surface area contributed by atoms with Gasteiger partial charge < -0.3 is 0 Å². The van der Waals surface area contributed by atoms with E-state index in [1.54, 1.807) is 54.6 Å². The van der Waals surface area contributed by atoms with Gasteiger partial charge in [0.05, 0.1) is 0 Å². The summed E-state index contributed by atoms with van der Waals surface area (Å²) in [5.74, 6) is 2.27. The Hall–Kier alpha value is -2.52. The molecule has 0 aromatic heterocycles. The fourth-order valence-corrected chi connectivity index (χ4v) is 10.2. The van der Waals surface area contributed by atoms with Crippen molar-refractivity contribution >= 4 is 40.4 Å². The Morgan fingerprint density at radius 3 is 2.09 bits per heavy atom. The second-order valence-electron chi connectivity index (χ2n) is 9.09. The first kappa shape index (κ1) is 35.0. The zero-order chi connectivity index (χ0) is 31.7. The summed E-state index contributed by atoms with van der Waals surface area (Å²) in [7, 11) is -6.82. The van der Waals surface area contributed by atoms with E-state index in [2.05, 4.69) is 14.6 Å². The predicted molar refractivity (Wildman–Crippen MR) is 165 cm³/mol. The van der Waals surface area contributed by atoms with Crippen LogP contribution in [-0.2, 0) is 38.5 Å². The van der Waals surface area contributed by atoms with Gasteiger partial charge in [-0.05, 0) is 6.92 Å². The normalized spacial score (nSPS) is 13.3. The molecule has 1 unspecified atom stereocenters. The molecule has 0 aliphatic carbocycles. The van der Waals surface area contributed by atoms with Gasteiger partial charge in [0.15, 0.2) is 0 Å². The van der Waals surface area contributed by atoms with E-state index < -0.39 is 58.1 Å². The van der Waals surface area contributed by atoms with Crippen LogP contribution in [0.2, 0.25) is 0 Å². The number of ether oxygens (including phenoxy) is 2. The molecule has 3 rings (SSSR count). The van der Waals surface area contributed by atoms with Gasteiger partial charge in [0.1, 0.15) is 0 Å². The van der Waals surface area contributed by atoms with E-state index in [1.807, 2.05) is 6.92 Å². The number of hydrogen-bond donors (Lipinski definition) is 1. The van der Waals surface area contributed by atoms with Crippen molar-refractivity contribution in [3.8, 4) is 9.85 Å². The summed E-state index contributed by atoms with van der Waals surface area (Å²) >= 11 is -3.72. The molecule has 8 nitrogen and oxygen atoms in total. The Balaban J connectivity index is 1.95. The van der Waals surface area contributed by atoms with E-state index in [9.17, 15) is 30.0 Å². The molecule has 0 spiro atoms. The van der Waals surface area contributed by atoms with Crippen molar-refractivity contribution in [1.82, 2.24) is 4.72 Å². The maximum absolute atomic E-state index is 13.2. The Morgan fingerprint density at radius 1 is 0.884 bits per heavy atom. The Bertz CT molecular complexity index is 1620. The van der Waals surface area contributed by atoms with Gasteiger partial charge in [0.2, 0.25) is 0 Å². The van der Waals surface area contributed by atoms with Gasteiger partial charge in [-0.2, -0.15) is 0 Å². The van der Waals surface area contributed by atoms with Crippen LogP contribution in [0, 0.1) is 20.3 Å². The molecule has 0 saturated carbocycles. The summed E-state index contributed by atoms with van der Waals surface area (Å²) in [5.41, 5.74) is -3.30. The van der Waals surface area contributed by atoms with Crippen LogP contribution in [0.5, 0.6) is 0 Å². The molecule has 0 aliphatic rings. The zero-order valence-electron chi connectivity index (χ0n) is 23.5. The molecule has 43 heavy (non-hydrogen) atoms. The summed E-state index contributed by atoms with van der Waals surface area (Å²) in [6.45, 7) is 1.91. The molecule has 0 amide bonds. The standard InChI is InChI=1S/C29H31F3INO7S2/c1-22-13-15-26(16-14-22)42(35,36)34-20-18-23-9-7-8-12-27(23)24(21-28(39-2)40-3)17-19-33(25-10-5-4-6-11-25)41-43(37,38)29(30,31)32/h4-16,24,28,34H,18,20-21H2,1-3H3. The molecular weight excluding hydrogens is 722 g/mol. The first-order valence-corrected chi connectivity index (χ1v) is 18.7. The monoisotopic (exact) mass is 753 g/mol. The SMILES string of the molecule is COC(CC(C#CI(OS(=O)(=O)C(F)(F)F)c1ccccc1)c1ccccc1CCNS(=O)(=O)c1ccc(C)cc1)OC. The van der Waals surface area contributed by atoms with Gasteiger partial charge in [-0.1, -0.05) is 5.56 Å². The van der Waals surface area contributed by atoms with E-state index in [0.29, 0.717) is 5.56 Å². The quantitative estimate of drug-likeness (QED) is 0.103. The third-order valence-electron chi connectivity index (χ3n) is 6.08. The topological polar surface area (TPSA) is 108 Å². The van der Waals surface area contributed by atoms with E-state index in [1.165, 1.54) is 38.5 Å². The molecule has 0 fully saturated rings. The van der Waals surface area contributed by atoms with Crippen LogP contribution in [0.4, 0.5) is 13.2 Å². The van der Waals surface area contributed by atoms with Crippen molar-refractivity contribution in [3.05, 3.63) is 99.1 Å².